The Morgan fingerprint density at radius 3 is 2.15 bits per heavy atom. The first-order valence-corrected chi connectivity index (χ1v) is 9.21. The predicted octanol–water partition coefficient (Wildman–Crippen LogP) is 6.23. The van der Waals surface area contributed by atoms with Gasteiger partial charge in [-0.2, -0.15) is 0 Å². The molecule has 1 atom stereocenters. The minimum atomic E-state index is 0.0637. The molecular formula is C26H18O. The number of rotatable bonds is 3. The molecule has 4 aromatic rings. The zero-order valence-electron chi connectivity index (χ0n) is 14.8. The van der Waals surface area contributed by atoms with E-state index < -0.39 is 0 Å². The van der Waals surface area contributed by atoms with Gasteiger partial charge in [-0.1, -0.05) is 103 Å². The van der Waals surface area contributed by atoms with Crippen molar-refractivity contribution in [1.82, 2.24) is 0 Å². The van der Waals surface area contributed by atoms with Crippen LogP contribution in [0, 0.1) is 0 Å². The second-order valence-electron chi connectivity index (χ2n) is 6.95. The highest BCUT2D eigenvalue weighted by molar-refractivity contribution is 6.09. The zero-order valence-corrected chi connectivity index (χ0v) is 14.8. The van der Waals surface area contributed by atoms with E-state index in [0.717, 1.165) is 11.1 Å². The van der Waals surface area contributed by atoms with Gasteiger partial charge in [0.15, 0.2) is 5.78 Å². The van der Waals surface area contributed by atoms with Crippen LogP contribution in [0.5, 0.6) is 0 Å². The van der Waals surface area contributed by atoms with Crippen molar-refractivity contribution >= 4 is 22.6 Å². The maximum absolute atomic E-state index is 12.6. The highest BCUT2D eigenvalue weighted by atomic mass is 16.1. The lowest BCUT2D eigenvalue weighted by Gasteiger charge is -2.22. The first kappa shape index (κ1) is 15.8. The first-order valence-electron chi connectivity index (χ1n) is 9.21. The molecule has 0 fully saturated rings. The molecule has 1 aliphatic carbocycles. The highest BCUT2D eigenvalue weighted by Gasteiger charge is 2.19. The van der Waals surface area contributed by atoms with Gasteiger partial charge in [0, 0.05) is 17.0 Å². The average molecular weight is 346 g/mol. The molecule has 0 radical (unpaired) electrons. The fourth-order valence-electron chi connectivity index (χ4n) is 3.99. The molecule has 0 heterocycles. The SMILES string of the molecule is O=C(c1ccccc1)c1ccc(C2C=Cc3cccc4cccc2c34)cc1. The van der Waals surface area contributed by atoms with Crippen molar-refractivity contribution in [3.63, 3.8) is 0 Å². The number of benzene rings is 4. The lowest BCUT2D eigenvalue weighted by Crippen LogP contribution is -2.05. The summed E-state index contributed by atoms with van der Waals surface area (Å²) < 4.78 is 0. The largest absolute Gasteiger partial charge is 0.289 e. The predicted molar refractivity (Wildman–Crippen MR) is 111 cm³/mol. The Morgan fingerprint density at radius 1 is 0.667 bits per heavy atom. The van der Waals surface area contributed by atoms with Gasteiger partial charge in [0.25, 0.3) is 0 Å². The molecule has 0 spiro atoms. The molecule has 0 saturated carbocycles. The van der Waals surface area contributed by atoms with Gasteiger partial charge >= 0.3 is 0 Å². The molecule has 0 aliphatic heterocycles. The van der Waals surface area contributed by atoms with Crippen molar-refractivity contribution < 1.29 is 4.79 Å². The summed E-state index contributed by atoms with van der Waals surface area (Å²) in [5, 5.41) is 2.60. The van der Waals surface area contributed by atoms with Crippen LogP contribution in [-0.4, -0.2) is 5.78 Å². The third-order valence-electron chi connectivity index (χ3n) is 5.34. The van der Waals surface area contributed by atoms with Crippen LogP contribution in [0.1, 0.15) is 38.5 Å². The van der Waals surface area contributed by atoms with Crippen LogP contribution < -0.4 is 0 Å². The van der Waals surface area contributed by atoms with Crippen molar-refractivity contribution in [2.45, 2.75) is 5.92 Å². The van der Waals surface area contributed by atoms with E-state index in [1.54, 1.807) is 0 Å². The second-order valence-corrected chi connectivity index (χ2v) is 6.95. The van der Waals surface area contributed by atoms with Crippen molar-refractivity contribution in [3.8, 4) is 0 Å². The van der Waals surface area contributed by atoms with Crippen LogP contribution in [0.15, 0.2) is 97.1 Å². The van der Waals surface area contributed by atoms with Crippen LogP contribution in [0.4, 0.5) is 0 Å². The fraction of sp³-hybridized carbons (Fsp3) is 0.0385. The summed E-state index contributed by atoms with van der Waals surface area (Å²) in [6.07, 6.45) is 4.47. The number of hydrogen-bond donors (Lipinski definition) is 0. The second kappa shape index (κ2) is 6.37. The summed E-state index contributed by atoms with van der Waals surface area (Å²) in [4.78, 5) is 12.6. The number of ketones is 1. The van der Waals surface area contributed by atoms with Crippen molar-refractivity contribution in [2.24, 2.45) is 0 Å². The molecule has 1 nitrogen and oxygen atoms in total. The Bertz CT molecular complexity index is 1160. The van der Waals surface area contributed by atoms with E-state index >= 15 is 0 Å². The number of carbonyl (C=O) groups is 1. The van der Waals surface area contributed by atoms with E-state index in [-0.39, 0.29) is 11.7 Å². The third-order valence-corrected chi connectivity index (χ3v) is 5.34. The van der Waals surface area contributed by atoms with Crippen LogP contribution in [0.2, 0.25) is 0 Å². The molecule has 1 aliphatic rings. The monoisotopic (exact) mass is 346 g/mol. The Hall–Kier alpha value is -3.45. The molecule has 128 valence electrons. The first-order chi connectivity index (χ1) is 13.3. The molecular weight excluding hydrogens is 328 g/mol. The lowest BCUT2D eigenvalue weighted by molar-refractivity contribution is 0.103. The van der Waals surface area contributed by atoms with Crippen molar-refractivity contribution in [3.05, 3.63) is 125 Å². The molecule has 0 saturated heterocycles. The van der Waals surface area contributed by atoms with Gasteiger partial charge in [0.05, 0.1) is 0 Å². The molecule has 0 N–H and O–H groups in total. The Labute approximate surface area is 158 Å². The summed E-state index contributed by atoms with van der Waals surface area (Å²) in [6, 6.07) is 30.4. The summed E-state index contributed by atoms with van der Waals surface area (Å²) in [5.41, 5.74) is 5.26. The van der Waals surface area contributed by atoms with Gasteiger partial charge in [-0.15, -0.1) is 0 Å². The molecule has 4 aromatic carbocycles. The normalized spacial score (nSPS) is 15.0. The van der Waals surface area contributed by atoms with Crippen LogP contribution in [-0.2, 0) is 0 Å². The van der Waals surface area contributed by atoms with Crippen LogP contribution in [0.3, 0.4) is 0 Å². The third kappa shape index (κ3) is 2.69. The molecule has 1 heteroatoms. The van der Waals surface area contributed by atoms with Crippen LogP contribution in [0.25, 0.3) is 16.8 Å². The summed E-state index contributed by atoms with van der Waals surface area (Å²) in [5.74, 6) is 0.276. The van der Waals surface area contributed by atoms with Gasteiger partial charge in [-0.3, -0.25) is 4.79 Å². The van der Waals surface area contributed by atoms with Gasteiger partial charge in [-0.25, -0.2) is 0 Å². The zero-order chi connectivity index (χ0) is 18.2. The molecule has 5 rings (SSSR count). The van der Waals surface area contributed by atoms with E-state index in [2.05, 4.69) is 60.7 Å². The quantitative estimate of drug-likeness (QED) is 0.402. The molecule has 27 heavy (non-hydrogen) atoms. The van der Waals surface area contributed by atoms with E-state index in [0.29, 0.717) is 0 Å². The van der Waals surface area contributed by atoms with Gasteiger partial charge < -0.3 is 0 Å². The highest BCUT2D eigenvalue weighted by Crippen LogP contribution is 2.38. The fourth-order valence-corrected chi connectivity index (χ4v) is 3.99. The number of carbonyl (C=O) groups excluding carboxylic acids is 1. The molecule has 1 unspecified atom stereocenters. The molecule has 0 aromatic heterocycles. The van der Waals surface area contributed by atoms with E-state index in [4.69, 9.17) is 0 Å². The maximum Gasteiger partial charge on any atom is 0.193 e. The Kier molecular flexibility index (Phi) is 3.72. The Morgan fingerprint density at radius 2 is 1.37 bits per heavy atom. The summed E-state index contributed by atoms with van der Waals surface area (Å²) in [6.45, 7) is 0. The average Bonchev–Trinajstić information content (AvgIpc) is 2.75. The summed E-state index contributed by atoms with van der Waals surface area (Å²) >= 11 is 0. The number of allylic oxidation sites excluding steroid dienone is 1. The molecule has 0 amide bonds. The van der Waals surface area contributed by atoms with Crippen LogP contribution >= 0.6 is 0 Å². The minimum absolute atomic E-state index is 0.0637. The van der Waals surface area contributed by atoms with Gasteiger partial charge in [0.2, 0.25) is 0 Å². The smallest absolute Gasteiger partial charge is 0.193 e. The van der Waals surface area contributed by atoms with Gasteiger partial charge in [-0.05, 0) is 27.5 Å². The summed E-state index contributed by atoms with van der Waals surface area (Å²) in [7, 11) is 0. The van der Waals surface area contributed by atoms with Crippen molar-refractivity contribution in [2.75, 3.05) is 0 Å². The lowest BCUT2D eigenvalue weighted by atomic mass is 9.82. The minimum Gasteiger partial charge on any atom is -0.289 e. The van der Waals surface area contributed by atoms with E-state index in [1.165, 1.54) is 27.5 Å². The standard InChI is InChI=1S/C26H18O/c27-26(21-6-2-1-3-7-21)22-14-12-18(13-15-22)23-17-16-20-9-4-8-19-10-5-11-24(23)25(19)20/h1-17,23H. The maximum atomic E-state index is 12.6. The topological polar surface area (TPSA) is 17.1 Å². The van der Waals surface area contributed by atoms with E-state index in [1.807, 2.05) is 42.5 Å². The number of hydrogen-bond acceptors (Lipinski definition) is 1. The van der Waals surface area contributed by atoms with Gasteiger partial charge in [0.1, 0.15) is 0 Å². The van der Waals surface area contributed by atoms with Crippen molar-refractivity contribution in [1.29, 1.82) is 0 Å². The van der Waals surface area contributed by atoms with E-state index in [9.17, 15) is 4.79 Å². The molecule has 0 bridgehead atoms. The Balaban J connectivity index is 1.53.